The molecule has 0 radical (unpaired) electrons. The van der Waals surface area contributed by atoms with E-state index in [1.165, 1.54) is 11.1 Å². The van der Waals surface area contributed by atoms with Crippen LogP contribution in [0.4, 0.5) is 4.79 Å². The van der Waals surface area contributed by atoms with Crippen molar-refractivity contribution in [2.45, 2.75) is 38.1 Å². The number of amides is 1. The first kappa shape index (κ1) is 20.9. The minimum Gasteiger partial charge on any atom is -0.464 e. The van der Waals surface area contributed by atoms with Crippen LogP contribution in [0.2, 0.25) is 0 Å². The molecule has 0 fully saturated rings. The number of hydrogen-bond donors (Lipinski definition) is 2. The molecule has 0 saturated heterocycles. The number of alkyl carbamates (subject to hydrolysis) is 1. The lowest BCUT2D eigenvalue weighted by Crippen LogP contribution is -2.42. The van der Waals surface area contributed by atoms with Gasteiger partial charge in [-0.3, -0.25) is 0 Å². The molecule has 1 aliphatic carbocycles. The number of carbonyl (C=O) groups excluding carboxylic acids is 2. The van der Waals surface area contributed by atoms with E-state index in [0.717, 1.165) is 24.0 Å². The number of fused-ring (bicyclic) bond motifs is 3. The number of carbonyl (C=O) groups is 2. The van der Waals surface area contributed by atoms with Crippen molar-refractivity contribution in [3.8, 4) is 11.1 Å². The van der Waals surface area contributed by atoms with Gasteiger partial charge in [0.05, 0.1) is 6.61 Å². The predicted octanol–water partition coefficient (Wildman–Crippen LogP) is 3.59. The maximum absolute atomic E-state index is 12.4. The molecule has 6 nitrogen and oxygen atoms in total. The van der Waals surface area contributed by atoms with Crippen molar-refractivity contribution in [2.24, 2.45) is 5.73 Å². The molecule has 3 rings (SSSR count). The molecule has 0 saturated carbocycles. The molecule has 0 aliphatic heterocycles. The lowest BCUT2D eigenvalue weighted by molar-refractivity contribution is -0.145. The van der Waals surface area contributed by atoms with Gasteiger partial charge in [-0.2, -0.15) is 0 Å². The molecule has 1 amide bonds. The van der Waals surface area contributed by atoms with E-state index in [1.54, 1.807) is 6.92 Å². The third kappa shape index (κ3) is 4.95. The molecule has 1 aliphatic rings. The first-order chi connectivity index (χ1) is 14.2. The fourth-order valence-electron chi connectivity index (χ4n) is 3.77. The number of unbranched alkanes of at least 4 members (excludes halogenated alkanes) is 1. The molecule has 0 unspecified atom stereocenters. The monoisotopic (exact) mass is 396 g/mol. The molecule has 6 heteroatoms. The molecule has 0 bridgehead atoms. The Hall–Kier alpha value is -2.86. The Labute approximate surface area is 171 Å². The van der Waals surface area contributed by atoms with E-state index >= 15 is 0 Å². The Bertz CT molecular complexity index is 807. The number of benzene rings is 2. The molecule has 2 aromatic rings. The number of esters is 1. The van der Waals surface area contributed by atoms with Crippen molar-refractivity contribution < 1.29 is 19.1 Å². The van der Waals surface area contributed by atoms with Crippen LogP contribution in [-0.4, -0.2) is 37.9 Å². The summed E-state index contributed by atoms with van der Waals surface area (Å²) in [7, 11) is 0. The van der Waals surface area contributed by atoms with Crippen LogP contribution >= 0.6 is 0 Å². The third-order valence-corrected chi connectivity index (χ3v) is 5.15. The maximum Gasteiger partial charge on any atom is 0.407 e. The Morgan fingerprint density at radius 1 is 1.00 bits per heavy atom. The SMILES string of the molecule is CCOC(=O)[C@H](CCCCN)NC(=O)OCC1c2ccccc2-c2ccccc21. The van der Waals surface area contributed by atoms with Crippen molar-refractivity contribution in [3.63, 3.8) is 0 Å². The normalized spacial score (nSPS) is 13.3. The molecule has 3 N–H and O–H groups in total. The molecule has 154 valence electrons. The molecular weight excluding hydrogens is 368 g/mol. The number of hydrogen-bond acceptors (Lipinski definition) is 5. The summed E-state index contributed by atoms with van der Waals surface area (Å²) in [5.41, 5.74) is 10.1. The average Bonchev–Trinajstić information content (AvgIpc) is 3.06. The fourth-order valence-corrected chi connectivity index (χ4v) is 3.77. The Morgan fingerprint density at radius 3 is 2.21 bits per heavy atom. The highest BCUT2D eigenvalue weighted by Crippen LogP contribution is 2.44. The van der Waals surface area contributed by atoms with E-state index in [-0.39, 0.29) is 19.1 Å². The third-order valence-electron chi connectivity index (χ3n) is 5.15. The van der Waals surface area contributed by atoms with E-state index in [0.29, 0.717) is 13.0 Å². The number of rotatable bonds is 9. The standard InChI is InChI=1S/C23H28N2O4/c1-2-28-22(26)21(13-7-8-14-24)25-23(27)29-15-20-18-11-5-3-9-16(18)17-10-4-6-12-19(17)20/h3-6,9-12,20-21H,2,7-8,13-15,24H2,1H3,(H,25,27)/t21-/m0/s1. The number of nitrogens with two attached hydrogens (primary N) is 1. The van der Waals surface area contributed by atoms with E-state index in [1.807, 2.05) is 24.3 Å². The van der Waals surface area contributed by atoms with Crippen LogP contribution in [-0.2, 0) is 14.3 Å². The summed E-state index contributed by atoms with van der Waals surface area (Å²) >= 11 is 0. The van der Waals surface area contributed by atoms with Gasteiger partial charge in [0.25, 0.3) is 0 Å². The summed E-state index contributed by atoms with van der Waals surface area (Å²) in [6, 6.07) is 15.6. The molecule has 0 heterocycles. The molecule has 0 spiro atoms. The summed E-state index contributed by atoms with van der Waals surface area (Å²) in [4.78, 5) is 24.5. The molecular formula is C23H28N2O4. The minimum atomic E-state index is -0.725. The quantitative estimate of drug-likeness (QED) is 0.499. The largest absolute Gasteiger partial charge is 0.464 e. The lowest BCUT2D eigenvalue weighted by atomic mass is 9.98. The topological polar surface area (TPSA) is 90.6 Å². The zero-order chi connectivity index (χ0) is 20.6. The van der Waals surface area contributed by atoms with Gasteiger partial charge in [-0.1, -0.05) is 48.5 Å². The van der Waals surface area contributed by atoms with Gasteiger partial charge >= 0.3 is 12.1 Å². The molecule has 2 aromatic carbocycles. The second-order valence-corrected chi connectivity index (χ2v) is 7.06. The van der Waals surface area contributed by atoms with E-state index in [4.69, 9.17) is 15.2 Å². The molecule has 29 heavy (non-hydrogen) atoms. The van der Waals surface area contributed by atoms with Crippen LogP contribution in [0.15, 0.2) is 48.5 Å². The van der Waals surface area contributed by atoms with Crippen LogP contribution in [0, 0.1) is 0 Å². The highest BCUT2D eigenvalue weighted by atomic mass is 16.6. The first-order valence-electron chi connectivity index (χ1n) is 10.1. The molecule has 1 atom stereocenters. The van der Waals surface area contributed by atoms with E-state index < -0.39 is 18.1 Å². The molecule has 0 aromatic heterocycles. The first-order valence-corrected chi connectivity index (χ1v) is 10.1. The van der Waals surface area contributed by atoms with Crippen LogP contribution in [0.25, 0.3) is 11.1 Å². The van der Waals surface area contributed by atoms with Crippen LogP contribution in [0.3, 0.4) is 0 Å². The summed E-state index contributed by atoms with van der Waals surface area (Å²) in [5, 5.41) is 2.66. The number of ether oxygens (including phenoxy) is 2. The van der Waals surface area contributed by atoms with Gasteiger partial charge in [0.1, 0.15) is 12.6 Å². The highest BCUT2D eigenvalue weighted by molar-refractivity contribution is 5.82. The van der Waals surface area contributed by atoms with Crippen molar-refractivity contribution in [2.75, 3.05) is 19.8 Å². The second kappa shape index (κ2) is 10.1. The van der Waals surface area contributed by atoms with Gasteiger partial charge < -0.3 is 20.5 Å². The fraction of sp³-hybridized carbons (Fsp3) is 0.391. The van der Waals surface area contributed by atoms with Crippen LogP contribution < -0.4 is 11.1 Å². The lowest BCUT2D eigenvalue weighted by Gasteiger charge is -2.19. The summed E-state index contributed by atoms with van der Waals surface area (Å²) in [5.74, 6) is -0.468. The van der Waals surface area contributed by atoms with Crippen LogP contribution in [0.5, 0.6) is 0 Å². The van der Waals surface area contributed by atoms with Gasteiger partial charge in [0.2, 0.25) is 0 Å². The Morgan fingerprint density at radius 2 is 1.62 bits per heavy atom. The average molecular weight is 396 g/mol. The number of nitrogens with one attached hydrogen (secondary N) is 1. The summed E-state index contributed by atoms with van der Waals surface area (Å²) < 4.78 is 10.6. The minimum absolute atomic E-state index is 0.0218. The van der Waals surface area contributed by atoms with Gasteiger partial charge in [-0.05, 0) is 55.0 Å². The maximum atomic E-state index is 12.4. The Kier molecular flexibility index (Phi) is 7.25. The van der Waals surface area contributed by atoms with Gasteiger partial charge in [-0.25, -0.2) is 9.59 Å². The zero-order valence-electron chi connectivity index (χ0n) is 16.7. The van der Waals surface area contributed by atoms with Crippen molar-refractivity contribution >= 4 is 12.1 Å². The highest BCUT2D eigenvalue weighted by Gasteiger charge is 2.29. The second-order valence-electron chi connectivity index (χ2n) is 7.06. The smallest absolute Gasteiger partial charge is 0.407 e. The zero-order valence-corrected chi connectivity index (χ0v) is 16.7. The summed E-state index contributed by atoms with van der Waals surface area (Å²) in [6.07, 6.45) is 1.37. The van der Waals surface area contributed by atoms with E-state index in [2.05, 4.69) is 29.6 Å². The predicted molar refractivity (Wildman–Crippen MR) is 112 cm³/mol. The van der Waals surface area contributed by atoms with Crippen molar-refractivity contribution in [1.29, 1.82) is 0 Å². The Balaban J connectivity index is 1.64. The van der Waals surface area contributed by atoms with Crippen molar-refractivity contribution in [3.05, 3.63) is 59.7 Å². The van der Waals surface area contributed by atoms with Gasteiger partial charge in [0.15, 0.2) is 0 Å². The van der Waals surface area contributed by atoms with Crippen molar-refractivity contribution in [1.82, 2.24) is 5.32 Å². The van der Waals surface area contributed by atoms with E-state index in [9.17, 15) is 9.59 Å². The van der Waals surface area contributed by atoms with Gasteiger partial charge in [0, 0.05) is 5.92 Å². The summed E-state index contributed by atoms with van der Waals surface area (Å²) in [6.45, 7) is 2.75. The van der Waals surface area contributed by atoms with Crippen LogP contribution in [0.1, 0.15) is 43.2 Å². The van der Waals surface area contributed by atoms with Gasteiger partial charge in [-0.15, -0.1) is 0 Å².